The average Bonchev–Trinajstić information content (AvgIpc) is 3.25. The monoisotopic (exact) mass is 427 g/mol. The van der Waals surface area contributed by atoms with Gasteiger partial charge in [-0.05, 0) is 54.6 Å². The van der Waals surface area contributed by atoms with Gasteiger partial charge in [0.05, 0.1) is 7.11 Å². The van der Waals surface area contributed by atoms with E-state index in [-0.39, 0.29) is 11.9 Å². The lowest BCUT2D eigenvalue weighted by molar-refractivity contribution is -0.116. The number of amides is 1. The van der Waals surface area contributed by atoms with Gasteiger partial charge < -0.3 is 18.6 Å². The number of hydrogen-bond donors (Lipinski definition) is 1. The van der Waals surface area contributed by atoms with Crippen molar-refractivity contribution in [3.8, 4) is 28.7 Å². The van der Waals surface area contributed by atoms with Crippen LogP contribution >= 0.6 is 11.8 Å². The first-order valence-corrected chi connectivity index (χ1v) is 10.5. The number of hydrogen-bond acceptors (Lipinski definition) is 8. The molecule has 0 aliphatic carbocycles. The van der Waals surface area contributed by atoms with E-state index < -0.39 is 0 Å². The van der Waals surface area contributed by atoms with E-state index in [0.717, 1.165) is 22.8 Å². The van der Waals surface area contributed by atoms with Gasteiger partial charge in [0.1, 0.15) is 19.0 Å². The van der Waals surface area contributed by atoms with Crippen molar-refractivity contribution in [2.24, 2.45) is 0 Å². The molecule has 0 unspecified atom stereocenters. The molecule has 9 heteroatoms. The van der Waals surface area contributed by atoms with Crippen LogP contribution < -0.4 is 19.5 Å². The number of ether oxygens (including phenoxy) is 3. The Balaban J connectivity index is 1.24. The van der Waals surface area contributed by atoms with Crippen LogP contribution in [-0.4, -0.2) is 42.2 Å². The molecule has 1 aromatic heterocycles. The highest BCUT2D eigenvalue weighted by atomic mass is 32.2. The highest BCUT2D eigenvalue weighted by Crippen LogP contribution is 2.34. The Morgan fingerprint density at radius 3 is 2.70 bits per heavy atom. The summed E-state index contributed by atoms with van der Waals surface area (Å²) in [7, 11) is 1.64. The van der Waals surface area contributed by atoms with Crippen LogP contribution in [0.25, 0.3) is 11.5 Å². The Kier molecular flexibility index (Phi) is 6.38. The summed E-state index contributed by atoms with van der Waals surface area (Å²) in [5, 5.41) is 10.5. The van der Waals surface area contributed by atoms with E-state index >= 15 is 0 Å². The maximum Gasteiger partial charge on any atom is 0.322 e. The minimum absolute atomic E-state index is 0.0766. The van der Waals surface area contributed by atoms with Crippen molar-refractivity contribution in [3.05, 3.63) is 42.5 Å². The maximum absolute atomic E-state index is 12.1. The lowest BCUT2D eigenvalue weighted by Gasteiger charge is -2.18. The molecule has 1 aliphatic rings. The van der Waals surface area contributed by atoms with Gasteiger partial charge in [-0.3, -0.25) is 10.1 Å². The molecule has 156 valence electrons. The zero-order chi connectivity index (χ0) is 20.8. The van der Waals surface area contributed by atoms with Crippen molar-refractivity contribution in [1.82, 2.24) is 10.2 Å². The molecule has 30 heavy (non-hydrogen) atoms. The number of carbonyl (C=O) groups excluding carboxylic acids is 1. The minimum Gasteiger partial charge on any atom is -0.497 e. The second-order valence-electron chi connectivity index (χ2n) is 6.45. The number of anilines is 1. The zero-order valence-corrected chi connectivity index (χ0v) is 17.2. The fourth-order valence-electron chi connectivity index (χ4n) is 2.84. The third-order valence-corrected chi connectivity index (χ3v) is 5.44. The normalized spacial score (nSPS) is 12.4. The van der Waals surface area contributed by atoms with Crippen LogP contribution in [0.15, 0.2) is 51.8 Å². The third kappa shape index (κ3) is 5.04. The summed E-state index contributed by atoms with van der Waals surface area (Å²) in [5.74, 6) is 3.11. The van der Waals surface area contributed by atoms with E-state index in [1.165, 1.54) is 0 Å². The van der Waals surface area contributed by atoms with E-state index in [2.05, 4.69) is 15.5 Å². The van der Waals surface area contributed by atoms with Crippen LogP contribution in [0.5, 0.6) is 17.2 Å². The Morgan fingerprint density at radius 1 is 1.10 bits per heavy atom. The molecule has 0 radical (unpaired) electrons. The van der Waals surface area contributed by atoms with Gasteiger partial charge in [0, 0.05) is 16.9 Å². The van der Waals surface area contributed by atoms with Crippen LogP contribution in [0, 0.1) is 0 Å². The van der Waals surface area contributed by atoms with Gasteiger partial charge in [0.2, 0.25) is 11.8 Å². The molecular weight excluding hydrogens is 406 g/mol. The Morgan fingerprint density at radius 2 is 1.90 bits per heavy atom. The van der Waals surface area contributed by atoms with Crippen molar-refractivity contribution in [2.75, 3.05) is 31.4 Å². The van der Waals surface area contributed by atoms with Crippen LogP contribution in [0.4, 0.5) is 6.01 Å². The Labute approximate surface area is 177 Å². The molecule has 2 heterocycles. The molecule has 2 aromatic carbocycles. The summed E-state index contributed by atoms with van der Waals surface area (Å²) >= 11 is 1.69. The fourth-order valence-corrected chi connectivity index (χ4v) is 3.70. The highest BCUT2D eigenvalue weighted by molar-refractivity contribution is 7.99. The van der Waals surface area contributed by atoms with E-state index in [9.17, 15) is 4.79 Å². The van der Waals surface area contributed by atoms with Crippen LogP contribution in [0.2, 0.25) is 0 Å². The molecule has 1 amide bonds. The van der Waals surface area contributed by atoms with Gasteiger partial charge >= 0.3 is 6.01 Å². The molecule has 0 atom stereocenters. The number of carbonyl (C=O) groups is 1. The number of nitrogens with one attached hydrogen (secondary N) is 1. The van der Waals surface area contributed by atoms with Crippen molar-refractivity contribution < 1.29 is 23.4 Å². The van der Waals surface area contributed by atoms with Gasteiger partial charge in [0.25, 0.3) is 0 Å². The molecule has 1 aliphatic heterocycles. The first-order valence-electron chi connectivity index (χ1n) is 9.51. The number of thioether (sulfide) groups is 1. The fraction of sp³-hybridized carbons (Fsp3) is 0.286. The predicted octanol–water partition coefficient (Wildman–Crippen LogP) is 4.03. The number of methoxy groups -OCH3 is 1. The molecule has 3 aromatic rings. The zero-order valence-electron chi connectivity index (χ0n) is 16.4. The van der Waals surface area contributed by atoms with Crippen molar-refractivity contribution in [1.29, 1.82) is 0 Å². The number of aromatic nitrogens is 2. The van der Waals surface area contributed by atoms with Crippen molar-refractivity contribution in [3.63, 3.8) is 0 Å². The van der Waals surface area contributed by atoms with Crippen LogP contribution in [0.3, 0.4) is 0 Å². The summed E-state index contributed by atoms with van der Waals surface area (Å²) in [6, 6.07) is 13.3. The van der Waals surface area contributed by atoms with Crippen LogP contribution in [-0.2, 0) is 4.79 Å². The lowest BCUT2D eigenvalue weighted by Crippen LogP contribution is -2.15. The van der Waals surface area contributed by atoms with Gasteiger partial charge in [0.15, 0.2) is 11.5 Å². The Bertz CT molecular complexity index is 1010. The molecule has 0 spiro atoms. The van der Waals surface area contributed by atoms with E-state index in [4.69, 9.17) is 18.6 Å². The number of fused-ring (bicyclic) bond motifs is 1. The highest BCUT2D eigenvalue weighted by Gasteiger charge is 2.16. The van der Waals surface area contributed by atoms with Crippen molar-refractivity contribution in [2.45, 2.75) is 17.7 Å². The van der Waals surface area contributed by atoms with Gasteiger partial charge in [-0.25, -0.2) is 0 Å². The summed E-state index contributed by atoms with van der Waals surface area (Å²) in [4.78, 5) is 13.3. The second-order valence-corrected chi connectivity index (χ2v) is 7.61. The number of benzene rings is 2. The molecule has 4 rings (SSSR count). The largest absolute Gasteiger partial charge is 0.497 e. The summed E-state index contributed by atoms with van der Waals surface area (Å²) < 4.78 is 21.8. The molecule has 1 N–H and O–H groups in total. The summed E-state index contributed by atoms with van der Waals surface area (Å²) in [6.45, 7) is 1.03. The first kappa shape index (κ1) is 20.1. The molecule has 8 nitrogen and oxygen atoms in total. The molecular formula is C21H21N3O5S. The molecule has 0 fully saturated rings. The average molecular weight is 427 g/mol. The van der Waals surface area contributed by atoms with E-state index in [1.807, 2.05) is 30.3 Å². The lowest BCUT2D eigenvalue weighted by atomic mass is 10.2. The standard InChI is InChI=1S/C21H21N3O5S/c1-26-15-5-7-16(8-6-15)30-12-2-3-19(25)22-21-24-23-20(29-21)14-4-9-17-18(13-14)28-11-10-27-17/h4-9,13H,2-3,10-12H2,1H3,(H,22,24,25). The smallest absolute Gasteiger partial charge is 0.322 e. The molecule has 0 saturated heterocycles. The summed E-state index contributed by atoms with van der Waals surface area (Å²) in [6.07, 6.45) is 1.09. The third-order valence-electron chi connectivity index (χ3n) is 4.34. The van der Waals surface area contributed by atoms with E-state index in [0.29, 0.717) is 42.6 Å². The predicted molar refractivity (Wildman–Crippen MR) is 112 cm³/mol. The summed E-state index contributed by atoms with van der Waals surface area (Å²) in [5.41, 5.74) is 0.697. The van der Waals surface area contributed by atoms with Gasteiger partial charge in [-0.1, -0.05) is 5.10 Å². The topological polar surface area (TPSA) is 95.7 Å². The van der Waals surface area contributed by atoms with Crippen molar-refractivity contribution >= 4 is 23.7 Å². The second kappa shape index (κ2) is 9.53. The van der Waals surface area contributed by atoms with Gasteiger partial charge in [-0.15, -0.1) is 16.9 Å². The van der Waals surface area contributed by atoms with E-state index in [1.54, 1.807) is 31.0 Å². The Hall–Kier alpha value is -3.20. The SMILES string of the molecule is COc1ccc(SCCCC(=O)Nc2nnc(-c3ccc4c(c3)OCCO4)o2)cc1. The maximum atomic E-state index is 12.1. The van der Waals surface area contributed by atoms with Gasteiger partial charge in [-0.2, -0.15) is 0 Å². The quantitative estimate of drug-likeness (QED) is 0.425. The number of rotatable bonds is 8. The van der Waals surface area contributed by atoms with Crippen LogP contribution in [0.1, 0.15) is 12.8 Å². The molecule has 0 bridgehead atoms. The minimum atomic E-state index is -0.164. The molecule has 0 saturated carbocycles. The first-order chi connectivity index (χ1) is 14.7. The number of nitrogens with zero attached hydrogens (tertiary/aromatic N) is 2.